The molecular formula is C14H22BrN3. The molecule has 0 amide bonds. The lowest BCUT2D eigenvalue weighted by molar-refractivity contribution is 0.578. The molecule has 1 aromatic heterocycles. The summed E-state index contributed by atoms with van der Waals surface area (Å²) < 4.78 is 0.881. The van der Waals surface area contributed by atoms with Gasteiger partial charge in [-0.25, -0.2) is 9.97 Å². The predicted molar refractivity (Wildman–Crippen MR) is 78.4 cm³/mol. The molecule has 1 heterocycles. The number of nitrogens with zero attached hydrogens (tertiary/aromatic N) is 2. The molecule has 0 bridgehead atoms. The van der Waals surface area contributed by atoms with Crippen molar-refractivity contribution in [2.45, 2.75) is 52.4 Å². The summed E-state index contributed by atoms with van der Waals surface area (Å²) in [7, 11) is 0. The van der Waals surface area contributed by atoms with Crippen LogP contribution in [0.4, 0.5) is 5.82 Å². The summed E-state index contributed by atoms with van der Waals surface area (Å²) in [5.74, 6) is 3.41. The molecule has 1 saturated carbocycles. The minimum atomic E-state index is 0.501. The summed E-state index contributed by atoms with van der Waals surface area (Å²) >= 11 is 3.51. The van der Waals surface area contributed by atoms with Gasteiger partial charge in [0.25, 0.3) is 0 Å². The highest BCUT2D eigenvalue weighted by molar-refractivity contribution is 9.10. The van der Waals surface area contributed by atoms with Crippen LogP contribution in [0.25, 0.3) is 0 Å². The van der Waals surface area contributed by atoms with E-state index in [-0.39, 0.29) is 0 Å². The minimum Gasteiger partial charge on any atom is -0.383 e. The first kappa shape index (κ1) is 13.8. The van der Waals surface area contributed by atoms with E-state index in [4.69, 9.17) is 10.7 Å². The first-order valence-electron chi connectivity index (χ1n) is 6.79. The second kappa shape index (κ2) is 5.55. The quantitative estimate of drug-likeness (QED) is 0.920. The summed E-state index contributed by atoms with van der Waals surface area (Å²) in [6.45, 7) is 6.70. The first-order chi connectivity index (χ1) is 8.47. The number of hydrogen-bond acceptors (Lipinski definition) is 3. The zero-order chi connectivity index (χ0) is 13.3. The third kappa shape index (κ3) is 3.02. The van der Waals surface area contributed by atoms with Crippen molar-refractivity contribution in [1.82, 2.24) is 9.97 Å². The van der Waals surface area contributed by atoms with E-state index in [2.05, 4.69) is 41.7 Å². The maximum atomic E-state index is 6.00. The van der Waals surface area contributed by atoms with E-state index in [9.17, 15) is 0 Å². The van der Waals surface area contributed by atoms with Gasteiger partial charge in [-0.2, -0.15) is 0 Å². The third-order valence-corrected chi connectivity index (χ3v) is 4.49. The lowest BCUT2D eigenvalue weighted by Gasteiger charge is -2.14. The smallest absolute Gasteiger partial charge is 0.141 e. The Morgan fingerprint density at radius 2 is 2.06 bits per heavy atom. The molecule has 3 nitrogen and oxygen atoms in total. The van der Waals surface area contributed by atoms with E-state index in [0.717, 1.165) is 28.3 Å². The average Bonchev–Trinajstić information content (AvgIpc) is 2.70. The second-order valence-corrected chi connectivity index (χ2v) is 6.73. The Morgan fingerprint density at radius 3 is 2.61 bits per heavy atom. The zero-order valence-corrected chi connectivity index (χ0v) is 13.0. The minimum absolute atomic E-state index is 0.501. The molecule has 2 rings (SSSR count). The Labute approximate surface area is 118 Å². The Hall–Kier alpha value is -0.640. The topological polar surface area (TPSA) is 51.8 Å². The Balaban J connectivity index is 2.29. The van der Waals surface area contributed by atoms with Crippen LogP contribution in [0.3, 0.4) is 0 Å². The molecule has 0 radical (unpaired) electrons. The summed E-state index contributed by atoms with van der Waals surface area (Å²) in [4.78, 5) is 9.23. The molecule has 4 heteroatoms. The molecule has 1 aromatic rings. The van der Waals surface area contributed by atoms with Crippen molar-refractivity contribution in [1.29, 1.82) is 0 Å². The lowest BCUT2D eigenvalue weighted by Crippen LogP contribution is -2.10. The molecule has 1 aliphatic carbocycles. The van der Waals surface area contributed by atoms with Gasteiger partial charge < -0.3 is 5.73 Å². The van der Waals surface area contributed by atoms with Gasteiger partial charge in [-0.05, 0) is 53.4 Å². The monoisotopic (exact) mass is 311 g/mol. The third-order valence-electron chi connectivity index (χ3n) is 3.62. The van der Waals surface area contributed by atoms with E-state index in [0.29, 0.717) is 17.7 Å². The molecule has 0 aliphatic heterocycles. The van der Waals surface area contributed by atoms with Gasteiger partial charge in [-0.15, -0.1) is 0 Å². The van der Waals surface area contributed by atoms with Gasteiger partial charge in [0, 0.05) is 5.92 Å². The van der Waals surface area contributed by atoms with Crippen LogP contribution in [-0.2, 0) is 6.42 Å². The normalized spacial score (nSPS) is 23.8. The van der Waals surface area contributed by atoms with Gasteiger partial charge in [0.2, 0.25) is 0 Å². The molecule has 0 spiro atoms. The van der Waals surface area contributed by atoms with Gasteiger partial charge in [-0.1, -0.05) is 20.8 Å². The first-order valence-corrected chi connectivity index (χ1v) is 7.58. The molecule has 1 aliphatic rings. The predicted octanol–water partition coefficient (Wildman–Crippen LogP) is 3.92. The molecule has 100 valence electrons. The zero-order valence-electron chi connectivity index (χ0n) is 11.4. The number of aromatic nitrogens is 2. The van der Waals surface area contributed by atoms with Crippen LogP contribution < -0.4 is 5.73 Å². The van der Waals surface area contributed by atoms with Crippen LogP contribution in [0.5, 0.6) is 0 Å². The van der Waals surface area contributed by atoms with Crippen LogP contribution in [0, 0.1) is 11.8 Å². The van der Waals surface area contributed by atoms with E-state index >= 15 is 0 Å². The largest absolute Gasteiger partial charge is 0.383 e. The number of hydrogen-bond donors (Lipinski definition) is 1. The van der Waals surface area contributed by atoms with Gasteiger partial charge in [0.15, 0.2) is 0 Å². The van der Waals surface area contributed by atoms with Gasteiger partial charge in [-0.3, -0.25) is 0 Å². The molecule has 1 fully saturated rings. The van der Waals surface area contributed by atoms with E-state index in [1.165, 1.54) is 19.3 Å². The molecular weight excluding hydrogens is 290 g/mol. The number of halogens is 1. The summed E-state index contributed by atoms with van der Waals surface area (Å²) in [6.07, 6.45) is 4.62. The lowest BCUT2D eigenvalue weighted by atomic mass is 10.0. The summed E-state index contributed by atoms with van der Waals surface area (Å²) in [5.41, 5.74) is 7.06. The molecule has 18 heavy (non-hydrogen) atoms. The van der Waals surface area contributed by atoms with Crippen molar-refractivity contribution >= 4 is 21.7 Å². The number of anilines is 1. The fourth-order valence-electron chi connectivity index (χ4n) is 2.68. The van der Waals surface area contributed by atoms with Crippen molar-refractivity contribution in [2.75, 3.05) is 5.73 Å². The van der Waals surface area contributed by atoms with Crippen molar-refractivity contribution in [3.8, 4) is 0 Å². The van der Waals surface area contributed by atoms with E-state index < -0.39 is 0 Å². The summed E-state index contributed by atoms with van der Waals surface area (Å²) in [5, 5.41) is 0. The molecule has 2 atom stereocenters. The maximum Gasteiger partial charge on any atom is 0.141 e. The molecule has 2 unspecified atom stereocenters. The Morgan fingerprint density at radius 1 is 1.33 bits per heavy atom. The highest BCUT2D eigenvalue weighted by Gasteiger charge is 2.26. The standard InChI is InChI=1S/C14H22BrN3/c1-8(2)6-11-12(15)13(16)18-14(17-11)10-5-4-9(3)7-10/h8-10H,4-7H2,1-3H3,(H2,16,17,18). The number of nitrogen functional groups attached to an aromatic ring is 1. The Bertz CT molecular complexity index is 431. The van der Waals surface area contributed by atoms with Gasteiger partial charge >= 0.3 is 0 Å². The van der Waals surface area contributed by atoms with Crippen molar-refractivity contribution in [3.63, 3.8) is 0 Å². The second-order valence-electron chi connectivity index (χ2n) is 5.94. The fraction of sp³-hybridized carbons (Fsp3) is 0.714. The van der Waals surface area contributed by atoms with E-state index in [1.807, 2.05) is 0 Å². The van der Waals surface area contributed by atoms with Crippen molar-refractivity contribution in [2.24, 2.45) is 11.8 Å². The van der Waals surface area contributed by atoms with Crippen LogP contribution >= 0.6 is 15.9 Å². The van der Waals surface area contributed by atoms with E-state index in [1.54, 1.807) is 0 Å². The van der Waals surface area contributed by atoms with Gasteiger partial charge in [0.1, 0.15) is 11.6 Å². The van der Waals surface area contributed by atoms with Crippen LogP contribution in [0.15, 0.2) is 4.47 Å². The number of nitrogens with two attached hydrogens (primary N) is 1. The molecule has 2 N–H and O–H groups in total. The molecule has 0 aromatic carbocycles. The van der Waals surface area contributed by atoms with Crippen LogP contribution in [-0.4, -0.2) is 9.97 Å². The fourth-order valence-corrected chi connectivity index (χ4v) is 3.02. The Kier molecular flexibility index (Phi) is 4.25. The highest BCUT2D eigenvalue weighted by Crippen LogP contribution is 2.37. The highest BCUT2D eigenvalue weighted by atomic mass is 79.9. The van der Waals surface area contributed by atoms with Gasteiger partial charge in [0.05, 0.1) is 10.2 Å². The summed E-state index contributed by atoms with van der Waals surface area (Å²) in [6, 6.07) is 0. The van der Waals surface area contributed by atoms with Crippen LogP contribution in [0.1, 0.15) is 57.5 Å². The van der Waals surface area contributed by atoms with Crippen molar-refractivity contribution < 1.29 is 0 Å². The maximum absolute atomic E-state index is 6.00. The van der Waals surface area contributed by atoms with Crippen molar-refractivity contribution in [3.05, 3.63) is 16.0 Å². The number of rotatable bonds is 3. The average molecular weight is 312 g/mol. The SMILES string of the molecule is CC(C)Cc1nc(C2CCC(C)C2)nc(N)c1Br. The molecule has 0 saturated heterocycles. The van der Waals surface area contributed by atoms with Crippen LogP contribution in [0.2, 0.25) is 0 Å².